The van der Waals surface area contributed by atoms with Crippen molar-refractivity contribution in [3.63, 3.8) is 0 Å². The van der Waals surface area contributed by atoms with Crippen molar-refractivity contribution in [3.05, 3.63) is 57.0 Å². The monoisotopic (exact) mass is 446 g/mol. The Morgan fingerprint density at radius 1 is 1.20 bits per heavy atom. The second-order valence-corrected chi connectivity index (χ2v) is 10.0. The van der Waals surface area contributed by atoms with Gasteiger partial charge in [-0.25, -0.2) is 18.5 Å². The Balaban J connectivity index is 1.39. The molecule has 3 aromatic rings. The molecule has 158 valence electrons. The van der Waals surface area contributed by atoms with E-state index in [1.807, 2.05) is 0 Å². The number of nitrogens with one attached hydrogen (secondary N) is 1. The topological polar surface area (TPSA) is 124 Å². The molecule has 0 unspecified atom stereocenters. The molecule has 0 radical (unpaired) electrons. The van der Waals surface area contributed by atoms with E-state index < -0.39 is 10.0 Å². The number of aryl methyl sites for hydroxylation is 2. The molecule has 0 saturated carbocycles. The first-order valence-corrected chi connectivity index (χ1v) is 12.1. The van der Waals surface area contributed by atoms with E-state index in [0.717, 1.165) is 41.6 Å². The molecule has 0 atom stereocenters. The first kappa shape index (κ1) is 20.7. The molecule has 2 aromatic heterocycles. The van der Waals surface area contributed by atoms with Crippen LogP contribution in [0.25, 0.3) is 10.2 Å². The van der Waals surface area contributed by atoms with Gasteiger partial charge >= 0.3 is 0 Å². The molecule has 4 rings (SSSR count). The van der Waals surface area contributed by atoms with Crippen molar-refractivity contribution in [1.82, 2.24) is 14.9 Å². The van der Waals surface area contributed by atoms with Crippen molar-refractivity contribution in [2.45, 2.75) is 43.5 Å². The van der Waals surface area contributed by atoms with E-state index in [0.29, 0.717) is 18.4 Å². The average molecular weight is 447 g/mol. The van der Waals surface area contributed by atoms with Crippen LogP contribution in [0.15, 0.2) is 40.3 Å². The maximum Gasteiger partial charge on any atom is 0.262 e. The Labute approximate surface area is 177 Å². The summed E-state index contributed by atoms with van der Waals surface area (Å²) in [7, 11) is -3.72. The molecule has 1 amide bonds. The minimum absolute atomic E-state index is 0.0492. The number of hydrogen-bond acceptors (Lipinski definition) is 6. The molecule has 0 fully saturated rings. The van der Waals surface area contributed by atoms with Crippen LogP contribution in [-0.4, -0.2) is 30.4 Å². The number of carbonyl (C=O) groups excluding carboxylic acids is 1. The number of fused-ring (bicyclic) bond motifs is 3. The van der Waals surface area contributed by atoms with E-state index in [2.05, 4.69) is 10.3 Å². The zero-order valence-electron chi connectivity index (χ0n) is 16.3. The van der Waals surface area contributed by atoms with Crippen molar-refractivity contribution in [2.75, 3.05) is 6.54 Å². The van der Waals surface area contributed by atoms with Crippen LogP contribution in [0.4, 0.5) is 0 Å². The fourth-order valence-corrected chi connectivity index (χ4v) is 5.43. The fraction of sp³-hybridized carbons (Fsp3) is 0.350. The molecule has 1 aliphatic rings. The lowest BCUT2D eigenvalue weighted by molar-refractivity contribution is -0.121. The minimum Gasteiger partial charge on any atom is -0.354 e. The largest absolute Gasteiger partial charge is 0.354 e. The number of nitrogens with zero attached hydrogens (tertiary/aromatic N) is 2. The van der Waals surface area contributed by atoms with Gasteiger partial charge in [-0.15, -0.1) is 11.3 Å². The third-order valence-electron chi connectivity index (χ3n) is 5.24. The number of primary sulfonamides is 1. The van der Waals surface area contributed by atoms with Gasteiger partial charge in [0.1, 0.15) is 11.4 Å². The molecular weight excluding hydrogens is 424 g/mol. The second-order valence-electron chi connectivity index (χ2n) is 7.36. The summed E-state index contributed by atoms with van der Waals surface area (Å²) in [5.74, 6) is -0.275. The molecule has 0 saturated heterocycles. The Bertz CT molecular complexity index is 1260. The van der Waals surface area contributed by atoms with Gasteiger partial charge in [0.2, 0.25) is 15.9 Å². The van der Waals surface area contributed by atoms with Gasteiger partial charge in [-0.3, -0.25) is 14.2 Å². The van der Waals surface area contributed by atoms with Gasteiger partial charge in [0.15, 0.2) is 0 Å². The third kappa shape index (κ3) is 4.30. The number of benzene rings is 1. The molecule has 10 heteroatoms. The van der Waals surface area contributed by atoms with Crippen molar-refractivity contribution in [2.24, 2.45) is 5.14 Å². The smallest absolute Gasteiger partial charge is 0.262 e. The molecular formula is C20H22N4O4S2. The molecule has 1 aromatic carbocycles. The SMILES string of the molecule is NS(=O)(=O)c1ccc(CCNC(=O)Cn2cnc3sc4c(c3c2=O)CCCC4)cc1. The van der Waals surface area contributed by atoms with E-state index in [1.165, 1.54) is 27.9 Å². The predicted molar refractivity (Wildman–Crippen MR) is 115 cm³/mol. The summed E-state index contributed by atoms with van der Waals surface area (Å²) in [6, 6.07) is 6.20. The summed E-state index contributed by atoms with van der Waals surface area (Å²) in [6.45, 7) is 0.280. The molecule has 0 aliphatic heterocycles. The van der Waals surface area contributed by atoms with Crippen molar-refractivity contribution < 1.29 is 13.2 Å². The van der Waals surface area contributed by atoms with E-state index in [4.69, 9.17) is 5.14 Å². The number of rotatable bonds is 6. The zero-order chi connectivity index (χ0) is 21.3. The van der Waals surface area contributed by atoms with Gasteiger partial charge < -0.3 is 5.32 Å². The van der Waals surface area contributed by atoms with E-state index in [1.54, 1.807) is 23.5 Å². The molecule has 0 bridgehead atoms. The average Bonchev–Trinajstić information content (AvgIpc) is 3.09. The Morgan fingerprint density at radius 3 is 2.67 bits per heavy atom. The second kappa shape index (κ2) is 8.29. The quantitative estimate of drug-likeness (QED) is 0.591. The highest BCUT2D eigenvalue weighted by atomic mass is 32.2. The highest BCUT2D eigenvalue weighted by Gasteiger charge is 2.20. The fourth-order valence-electron chi connectivity index (χ4n) is 3.70. The first-order chi connectivity index (χ1) is 14.3. The Hall–Kier alpha value is -2.56. The van der Waals surface area contributed by atoms with Crippen LogP contribution in [0.2, 0.25) is 0 Å². The number of nitrogens with two attached hydrogens (primary N) is 1. The summed E-state index contributed by atoms with van der Waals surface area (Å²) in [4.78, 5) is 31.7. The summed E-state index contributed by atoms with van der Waals surface area (Å²) < 4.78 is 23.9. The van der Waals surface area contributed by atoms with Crippen LogP contribution in [-0.2, 0) is 40.6 Å². The molecule has 8 nitrogen and oxygen atoms in total. The maximum atomic E-state index is 12.9. The van der Waals surface area contributed by atoms with Crippen molar-refractivity contribution in [1.29, 1.82) is 0 Å². The van der Waals surface area contributed by atoms with Gasteiger partial charge in [-0.2, -0.15) is 0 Å². The van der Waals surface area contributed by atoms with Crippen molar-refractivity contribution in [3.8, 4) is 0 Å². The first-order valence-electron chi connectivity index (χ1n) is 9.71. The van der Waals surface area contributed by atoms with Crippen LogP contribution in [0.1, 0.15) is 28.8 Å². The Kier molecular flexibility index (Phi) is 5.72. The number of carbonyl (C=O) groups is 1. The van der Waals surface area contributed by atoms with Crippen LogP contribution in [0.5, 0.6) is 0 Å². The van der Waals surface area contributed by atoms with Crippen LogP contribution >= 0.6 is 11.3 Å². The summed E-state index contributed by atoms with van der Waals surface area (Å²) in [5, 5.41) is 8.54. The standard InChI is InChI=1S/C20H22N4O4S2/c21-30(27,28)14-7-5-13(6-8-14)9-10-22-17(25)11-24-12-23-19-18(20(24)26)15-3-1-2-4-16(15)29-19/h5-8,12H,1-4,9-11H2,(H,22,25)(H2,21,27,28). The molecule has 30 heavy (non-hydrogen) atoms. The number of sulfonamides is 1. The lowest BCUT2D eigenvalue weighted by Crippen LogP contribution is -2.33. The molecule has 0 spiro atoms. The normalized spacial score (nSPS) is 13.9. The van der Waals surface area contributed by atoms with Crippen LogP contribution in [0.3, 0.4) is 0 Å². The van der Waals surface area contributed by atoms with Gasteiger partial charge in [0.25, 0.3) is 5.56 Å². The lowest BCUT2D eigenvalue weighted by atomic mass is 9.97. The summed E-state index contributed by atoms with van der Waals surface area (Å²) >= 11 is 1.58. The number of hydrogen-bond donors (Lipinski definition) is 2. The number of thiophene rings is 1. The Morgan fingerprint density at radius 2 is 1.93 bits per heavy atom. The van der Waals surface area contributed by atoms with Gasteiger partial charge in [-0.05, 0) is 55.4 Å². The van der Waals surface area contributed by atoms with E-state index in [9.17, 15) is 18.0 Å². The van der Waals surface area contributed by atoms with Gasteiger partial charge in [0.05, 0.1) is 16.6 Å². The number of aromatic nitrogens is 2. The van der Waals surface area contributed by atoms with Crippen LogP contribution < -0.4 is 16.0 Å². The maximum absolute atomic E-state index is 12.9. The van der Waals surface area contributed by atoms with Gasteiger partial charge in [-0.1, -0.05) is 12.1 Å². The minimum atomic E-state index is -3.72. The highest BCUT2D eigenvalue weighted by molar-refractivity contribution is 7.89. The molecule has 1 aliphatic carbocycles. The third-order valence-corrected chi connectivity index (χ3v) is 7.37. The highest BCUT2D eigenvalue weighted by Crippen LogP contribution is 2.33. The van der Waals surface area contributed by atoms with Gasteiger partial charge in [0, 0.05) is 11.4 Å². The molecule has 3 N–H and O–H groups in total. The zero-order valence-corrected chi connectivity index (χ0v) is 17.9. The summed E-state index contributed by atoms with van der Waals surface area (Å²) in [6.07, 6.45) is 6.08. The number of amides is 1. The molecule has 2 heterocycles. The lowest BCUT2D eigenvalue weighted by Gasteiger charge is -2.10. The van der Waals surface area contributed by atoms with E-state index >= 15 is 0 Å². The van der Waals surface area contributed by atoms with Crippen molar-refractivity contribution >= 4 is 37.5 Å². The predicted octanol–water partition coefficient (Wildman–Crippen LogP) is 1.34. The van der Waals surface area contributed by atoms with Crippen LogP contribution in [0, 0.1) is 0 Å². The van der Waals surface area contributed by atoms with E-state index in [-0.39, 0.29) is 22.9 Å². The summed E-state index contributed by atoms with van der Waals surface area (Å²) in [5.41, 5.74) is 1.82.